The molecule has 0 aliphatic carbocycles. The van der Waals surface area contributed by atoms with Crippen molar-refractivity contribution in [1.82, 2.24) is 15.1 Å². The van der Waals surface area contributed by atoms with E-state index in [1.165, 1.54) is 11.1 Å². The van der Waals surface area contributed by atoms with Crippen molar-refractivity contribution in [3.8, 4) is 0 Å². The smallest absolute Gasteiger partial charge is 0.287 e. The van der Waals surface area contributed by atoms with Gasteiger partial charge in [-0.05, 0) is 32.7 Å². The van der Waals surface area contributed by atoms with E-state index in [1.54, 1.807) is 6.20 Å². The standard InChI is InChI=1S/C14H23ClN4O/c1-3-7-19-14(20)13(15)12(10-17-19)18-8-5-4-6-11(18)9-16-2/h10-11,16H,3-9H2,1-2H3. The molecule has 20 heavy (non-hydrogen) atoms. The number of aryl methyl sites for hydroxylation is 1. The molecule has 1 unspecified atom stereocenters. The Kier molecular flexibility index (Phi) is 5.43. The molecule has 1 atom stereocenters. The molecule has 2 heterocycles. The van der Waals surface area contributed by atoms with Gasteiger partial charge in [-0.15, -0.1) is 0 Å². The molecule has 0 aromatic carbocycles. The quantitative estimate of drug-likeness (QED) is 0.902. The second-order valence-corrected chi connectivity index (χ2v) is 5.65. The lowest BCUT2D eigenvalue weighted by molar-refractivity contribution is 0.444. The van der Waals surface area contributed by atoms with Crippen LogP contribution >= 0.6 is 11.6 Å². The molecule has 112 valence electrons. The van der Waals surface area contributed by atoms with Crippen molar-refractivity contribution in [2.24, 2.45) is 0 Å². The number of hydrogen-bond donors (Lipinski definition) is 1. The summed E-state index contributed by atoms with van der Waals surface area (Å²) >= 11 is 6.30. The lowest BCUT2D eigenvalue weighted by Crippen LogP contribution is -2.45. The summed E-state index contributed by atoms with van der Waals surface area (Å²) in [6.07, 6.45) is 6.09. The number of nitrogens with one attached hydrogen (secondary N) is 1. The van der Waals surface area contributed by atoms with Crippen molar-refractivity contribution in [3.63, 3.8) is 0 Å². The van der Waals surface area contributed by atoms with Crippen LogP contribution in [0.2, 0.25) is 5.02 Å². The monoisotopic (exact) mass is 298 g/mol. The second kappa shape index (κ2) is 7.09. The molecule has 1 aromatic rings. The highest BCUT2D eigenvalue weighted by Crippen LogP contribution is 2.28. The van der Waals surface area contributed by atoms with Gasteiger partial charge in [-0.3, -0.25) is 4.79 Å². The van der Waals surface area contributed by atoms with Crippen molar-refractivity contribution in [2.75, 3.05) is 25.0 Å². The second-order valence-electron chi connectivity index (χ2n) is 5.27. The summed E-state index contributed by atoms with van der Waals surface area (Å²) in [4.78, 5) is 14.4. The minimum Gasteiger partial charge on any atom is -0.365 e. The fraction of sp³-hybridized carbons (Fsp3) is 0.714. The van der Waals surface area contributed by atoms with Crippen LogP contribution in [0, 0.1) is 0 Å². The van der Waals surface area contributed by atoms with Crippen LogP contribution in [0.25, 0.3) is 0 Å². The maximum absolute atomic E-state index is 12.2. The molecule has 0 saturated carbocycles. The van der Waals surface area contributed by atoms with Crippen molar-refractivity contribution < 1.29 is 0 Å². The maximum atomic E-state index is 12.2. The van der Waals surface area contributed by atoms with Gasteiger partial charge in [0.15, 0.2) is 0 Å². The van der Waals surface area contributed by atoms with Crippen molar-refractivity contribution >= 4 is 17.3 Å². The van der Waals surface area contributed by atoms with Gasteiger partial charge < -0.3 is 10.2 Å². The van der Waals surface area contributed by atoms with Gasteiger partial charge in [0, 0.05) is 25.7 Å². The SMILES string of the molecule is CCCn1ncc(N2CCCCC2CNC)c(Cl)c1=O. The molecule has 2 rings (SSSR count). The van der Waals surface area contributed by atoms with Gasteiger partial charge in [-0.1, -0.05) is 18.5 Å². The van der Waals surface area contributed by atoms with Crippen LogP contribution in [-0.2, 0) is 6.54 Å². The lowest BCUT2D eigenvalue weighted by atomic mass is 10.0. The molecule has 1 aromatic heterocycles. The van der Waals surface area contributed by atoms with Crippen LogP contribution in [0.15, 0.2) is 11.0 Å². The summed E-state index contributed by atoms with van der Waals surface area (Å²) in [5.74, 6) is 0. The lowest BCUT2D eigenvalue weighted by Gasteiger charge is -2.37. The molecule has 0 bridgehead atoms. The van der Waals surface area contributed by atoms with Crippen LogP contribution in [0.4, 0.5) is 5.69 Å². The van der Waals surface area contributed by atoms with E-state index in [1.807, 2.05) is 14.0 Å². The van der Waals surface area contributed by atoms with Crippen LogP contribution in [0.3, 0.4) is 0 Å². The Morgan fingerprint density at radius 3 is 3.00 bits per heavy atom. The number of piperidine rings is 1. The predicted octanol–water partition coefficient (Wildman–Crippen LogP) is 1.89. The molecule has 0 spiro atoms. The molecule has 5 nitrogen and oxygen atoms in total. The Morgan fingerprint density at radius 1 is 1.50 bits per heavy atom. The number of nitrogens with zero attached hydrogens (tertiary/aromatic N) is 3. The Bertz CT molecular complexity index is 500. The van der Waals surface area contributed by atoms with Gasteiger partial charge >= 0.3 is 0 Å². The van der Waals surface area contributed by atoms with E-state index in [4.69, 9.17) is 11.6 Å². The summed E-state index contributed by atoms with van der Waals surface area (Å²) in [5.41, 5.74) is 0.601. The highest BCUT2D eigenvalue weighted by Gasteiger charge is 2.25. The van der Waals surface area contributed by atoms with Gasteiger partial charge in [-0.2, -0.15) is 5.10 Å². The van der Waals surface area contributed by atoms with E-state index in [-0.39, 0.29) is 5.56 Å². The number of likely N-dealkylation sites (N-methyl/N-ethyl adjacent to an activating group) is 1. The molecule has 1 saturated heterocycles. The van der Waals surface area contributed by atoms with Crippen LogP contribution in [-0.4, -0.2) is 36.0 Å². The molecule has 0 radical (unpaired) electrons. The van der Waals surface area contributed by atoms with E-state index < -0.39 is 0 Å². The summed E-state index contributed by atoms with van der Waals surface area (Å²) < 4.78 is 1.45. The molecule has 6 heteroatoms. The first kappa shape index (κ1) is 15.3. The highest BCUT2D eigenvalue weighted by atomic mass is 35.5. The number of rotatable bonds is 5. The summed E-state index contributed by atoms with van der Waals surface area (Å²) in [6.45, 7) is 4.46. The molecular weight excluding hydrogens is 276 g/mol. The average Bonchev–Trinajstić information content (AvgIpc) is 2.46. The molecule has 1 fully saturated rings. The largest absolute Gasteiger partial charge is 0.365 e. The van der Waals surface area contributed by atoms with E-state index >= 15 is 0 Å². The van der Waals surface area contributed by atoms with Gasteiger partial charge in [0.2, 0.25) is 0 Å². The third-order valence-electron chi connectivity index (χ3n) is 3.78. The minimum absolute atomic E-state index is 0.181. The van der Waals surface area contributed by atoms with Gasteiger partial charge in [0.1, 0.15) is 5.02 Å². The van der Waals surface area contributed by atoms with Crippen LogP contribution in [0.1, 0.15) is 32.6 Å². The van der Waals surface area contributed by atoms with E-state index in [0.717, 1.165) is 38.0 Å². The molecule has 1 aliphatic rings. The molecule has 1 N–H and O–H groups in total. The number of anilines is 1. The molecule has 0 amide bonds. The zero-order chi connectivity index (χ0) is 14.5. The summed E-state index contributed by atoms with van der Waals surface area (Å²) in [5, 5.41) is 7.77. The maximum Gasteiger partial charge on any atom is 0.287 e. The molecule has 1 aliphatic heterocycles. The first-order valence-electron chi connectivity index (χ1n) is 7.36. The van der Waals surface area contributed by atoms with Crippen LogP contribution in [0.5, 0.6) is 0 Å². The zero-order valence-corrected chi connectivity index (χ0v) is 13.0. The Morgan fingerprint density at radius 2 is 2.30 bits per heavy atom. The van der Waals surface area contributed by atoms with Crippen molar-refractivity contribution in [2.45, 2.75) is 45.2 Å². The van der Waals surface area contributed by atoms with Gasteiger partial charge in [0.05, 0.1) is 11.9 Å². The third-order valence-corrected chi connectivity index (χ3v) is 4.13. The van der Waals surface area contributed by atoms with E-state index in [9.17, 15) is 4.79 Å². The number of halogens is 1. The van der Waals surface area contributed by atoms with Gasteiger partial charge in [-0.25, -0.2) is 4.68 Å². The predicted molar refractivity (Wildman–Crippen MR) is 82.7 cm³/mol. The van der Waals surface area contributed by atoms with Crippen molar-refractivity contribution in [1.29, 1.82) is 0 Å². The Hall–Kier alpha value is -1.07. The first-order valence-corrected chi connectivity index (χ1v) is 7.73. The normalized spacial score (nSPS) is 19.4. The van der Waals surface area contributed by atoms with Gasteiger partial charge in [0.25, 0.3) is 5.56 Å². The van der Waals surface area contributed by atoms with Crippen molar-refractivity contribution in [3.05, 3.63) is 21.6 Å². The Labute approximate surface area is 124 Å². The fourth-order valence-corrected chi connectivity index (χ4v) is 3.05. The fourth-order valence-electron chi connectivity index (χ4n) is 2.79. The average molecular weight is 299 g/mol. The number of aromatic nitrogens is 2. The molecular formula is C14H23ClN4O. The minimum atomic E-state index is -0.181. The van der Waals surface area contributed by atoms with E-state index in [0.29, 0.717) is 17.6 Å². The zero-order valence-electron chi connectivity index (χ0n) is 12.2. The summed E-state index contributed by atoms with van der Waals surface area (Å²) in [6, 6.07) is 0.384. The summed E-state index contributed by atoms with van der Waals surface area (Å²) in [7, 11) is 1.95. The Balaban J connectivity index is 2.31. The number of hydrogen-bond acceptors (Lipinski definition) is 4. The highest BCUT2D eigenvalue weighted by molar-refractivity contribution is 6.33. The van der Waals surface area contributed by atoms with E-state index in [2.05, 4.69) is 15.3 Å². The first-order chi connectivity index (χ1) is 9.69. The third kappa shape index (κ3) is 3.15. The topological polar surface area (TPSA) is 50.2 Å². The van der Waals surface area contributed by atoms with Crippen LogP contribution < -0.4 is 15.8 Å².